The van der Waals surface area contributed by atoms with Crippen LogP contribution in [0.25, 0.3) is 10.2 Å². The molecule has 1 aliphatic heterocycles. The van der Waals surface area contributed by atoms with Crippen LogP contribution in [-0.2, 0) is 17.9 Å². The van der Waals surface area contributed by atoms with Crippen LogP contribution in [0.4, 0.5) is 10.1 Å². The van der Waals surface area contributed by atoms with E-state index in [0.717, 1.165) is 21.3 Å². The van der Waals surface area contributed by atoms with Crippen LogP contribution in [0.2, 0.25) is 5.02 Å². The van der Waals surface area contributed by atoms with Crippen molar-refractivity contribution >= 4 is 50.7 Å². The van der Waals surface area contributed by atoms with Gasteiger partial charge in [0.05, 0.1) is 6.54 Å². The molecule has 1 N–H and O–H groups in total. The van der Waals surface area contributed by atoms with Crippen molar-refractivity contribution < 1.29 is 14.0 Å². The lowest BCUT2D eigenvalue weighted by Crippen LogP contribution is -2.64. The number of hydrogen-bond acceptors (Lipinski definition) is 3. The zero-order chi connectivity index (χ0) is 23.3. The molecule has 1 atom stereocenters. The third-order valence-electron chi connectivity index (χ3n) is 6.22. The number of fused-ring (bicyclic) bond motifs is 3. The van der Waals surface area contributed by atoms with Crippen molar-refractivity contribution in [2.24, 2.45) is 0 Å². The first-order valence-electron chi connectivity index (χ1n) is 10.5. The van der Waals surface area contributed by atoms with E-state index >= 15 is 0 Å². The van der Waals surface area contributed by atoms with Crippen LogP contribution in [0.3, 0.4) is 0 Å². The molecule has 2 aromatic carbocycles. The van der Waals surface area contributed by atoms with Crippen LogP contribution < -0.4 is 10.2 Å². The molecule has 5 nitrogen and oxygen atoms in total. The summed E-state index contributed by atoms with van der Waals surface area (Å²) in [4.78, 5) is 30.0. The predicted molar refractivity (Wildman–Crippen MR) is 129 cm³/mol. The second kappa shape index (κ2) is 8.01. The van der Waals surface area contributed by atoms with E-state index in [1.54, 1.807) is 47.4 Å². The van der Waals surface area contributed by atoms with Crippen molar-refractivity contribution in [3.63, 3.8) is 0 Å². The minimum absolute atomic E-state index is 0.220. The number of hydrogen-bond donors (Lipinski definition) is 1. The number of carbonyl (C=O) groups excluding carboxylic acids is 2. The second-order valence-electron chi connectivity index (χ2n) is 8.40. The number of thiophene rings is 1. The molecule has 3 heterocycles. The number of nitrogens with zero attached hydrogens (tertiary/aromatic N) is 2. The van der Waals surface area contributed by atoms with Crippen LogP contribution in [0, 0.1) is 12.7 Å². The molecule has 168 valence electrons. The van der Waals surface area contributed by atoms with Gasteiger partial charge in [-0.25, -0.2) is 4.39 Å². The highest BCUT2D eigenvalue weighted by Crippen LogP contribution is 2.39. The Balaban J connectivity index is 1.58. The van der Waals surface area contributed by atoms with Gasteiger partial charge in [-0.05, 0) is 66.8 Å². The monoisotopic (exact) mass is 481 g/mol. The molecule has 0 unspecified atom stereocenters. The zero-order valence-electron chi connectivity index (χ0n) is 18.1. The van der Waals surface area contributed by atoms with Crippen molar-refractivity contribution in [1.82, 2.24) is 9.88 Å². The largest absolute Gasteiger partial charge is 0.350 e. The summed E-state index contributed by atoms with van der Waals surface area (Å²) in [5.41, 5.74) is 1.42. The standard InChI is InChI=1S/C25H21ClFN3O2S/c1-15-19(26)4-3-5-20(15)30-22(31)21-12-17-10-11-33-23(17)29(21)14-25(30,2)24(32)28-13-16-6-8-18(27)9-7-16/h3-12H,13-14H2,1-2H3,(H,28,32)/t25-/m1/s1. The molecule has 1 aliphatic rings. The lowest BCUT2D eigenvalue weighted by molar-refractivity contribution is -0.126. The summed E-state index contributed by atoms with van der Waals surface area (Å²) in [6.45, 7) is 4.12. The van der Waals surface area contributed by atoms with Crippen molar-refractivity contribution in [2.45, 2.75) is 32.5 Å². The van der Waals surface area contributed by atoms with Crippen molar-refractivity contribution in [2.75, 3.05) is 4.90 Å². The number of rotatable bonds is 4. The number of anilines is 1. The van der Waals surface area contributed by atoms with Gasteiger partial charge in [0.15, 0.2) is 0 Å². The number of aromatic nitrogens is 1. The summed E-state index contributed by atoms with van der Waals surface area (Å²) >= 11 is 7.92. The normalized spacial score (nSPS) is 17.9. The van der Waals surface area contributed by atoms with Crippen LogP contribution in [0.5, 0.6) is 0 Å². The quantitative estimate of drug-likeness (QED) is 0.416. The summed E-state index contributed by atoms with van der Waals surface area (Å²) in [7, 11) is 0. The van der Waals surface area contributed by atoms with Gasteiger partial charge in [0.25, 0.3) is 5.91 Å². The van der Waals surface area contributed by atoms with Crippen LogP contribution in [0.1, 0.15) is 28.5 Å². The lowest BCUT2D eigenvalue weighted by atomic mass is 9.93. The molecule has 0 bridgehead atoms. The van der Waals surface area contributed by atoms with Crippen LogP contribution in [-0.4, -0.2) is 21.9 Å². The third-order valence-corrected chi connectivity index (χ3v) is 7.58. The third kappa shape index (κ3) is 3.52. The Morgan fingerprint density at radius 2 is 1.97 bits per heavy atom. The van der Waals surface area contributed by atoms with E-state index in [2.05, 4.69) is 5.32 Å². The number of benzene rings is 2. The van der Waals surface area contributed by atoms with Crippen molar-refractivity contribution in [1.29, 1.82) is 0 Å². The summed E-state index contributed by atoms with van der Waals surface area (Å²) in [6, 6.07) is 15.2. The molecule has 5 rings (SSSR count). The Kier molecular flexibility index (Phi) is 5.26. The highest BCUT2D eigenvalue weighted by atomic mass is 35.5. The molecule has 0 fully saturated rings. The molecule has 0 spiro atoms. The fraction of sp³-hybridized carbons (Fsp3) is 0.200. The number of amides is 2. The first-order valence-corrected chi connectivity index (χ1v) is 11.7. The van der Waals surface area contributed by atoms with Gasteiger partial charge < -0.3 is 9.88 Å². The zero-order valence-corrected chi connectivity index (χ0v) is 19.6. The number of carbonyl (C=O) groups is 2. The maximum Gasteiger partial charge on any atom is 0.275 e. The van der Waals surface area contributed by atoms with Gasteiger partial charge in [-0.15, -0.1) is 11.3 Å². The predicted octanol–water partition coefficient (Wildman–Crippen LogP) is 5.54. The van der Waals surface area contributed by atoms with E-state index in [4.69, 9.17) is 11.6 Å². The Morgan fingerprint density at radius 1 is 1.21 bits per heavy atom. The average Bonchev–Trinajstić information content (AvgIpc) is 3.38. The van der Waals surface area contributed by atoms with Crippen molar-refractivity contribution in [3.05, 3.63) is 87.6 Å². The topological polar surface area (TPSA) is 54.3 Å². The molecular formula is C25H21ClFN3O2S. The van der Waals surface area contributed by atoms with Gasteiger partial charge in [-0.1, -0.05) is 29.8 Å². The average molecular weight is 482 g/mol. The van der Waals surface area contributed by atoms with Crippen molar-refractivity contribution in [3.8, 4) is 0 Å². The highest BCUT2D eigenvalue weighted by molar-refractivity contribution is 7.16. The van der Waals surface area contributed by atoms with Gasteiger partial charge in [0.1, 0.15) is 21.9 Å². The first kappa shape index (κ1) is 21.7. The fourth-order valence-corrected chi connectivity index (χ4v) is 5.45. The maximum atomic E-state index is 13.8. The highest BCUT2D eigenvalue weighted by Gasteiger charge is 2.49. The Labute approximate surface area is 199 Å². The molecule has 0 saturated carbocycles. The van der Waals surface area contributed by atoms with Gasteiger partial charge in [-0.3, -0.25) is 14.5 Å². The smallest absolute Gasteiger partial charge is 0.275 e. The lowest BCUT2D eigenvalue weighted by Gasteiger charge is -2.44. The van der Waals surface area contributed by atoms with Gasteiger partial charge >= 0.3 is 0 Å². The number of halogens is 2. The molecule has 4 aromatic rings. The SMILES string of the molecule is Cc1c(Cl)cccc1N1C(=O)c2cc3ccsc3n2C[C@]1(C)C(=O)NCc1ccc(F)cc1. The van der Waals surface area contributed by atoms with E-state index in [9.17, 15) is 14.0 Å². The Hall–Kier alpha value is -3.16. The molecule has 0 radical (unpaired) electrons. The molecule has 8 heteroatoms. The Morgan fingerprint density at radius 3 is 2.73 bits per heavy atom. The number of nitrogens with one attached hydrogen (secondary N) is 1. The molecular weight excluding hydrogens is 461 g/mol. The second-order valence-corrected chi connectivity index (χ2v) is 9.71. The summed E-state index contributed by atoms with van der Waals surface area (Å²) < 4.78 is 15.2. The molecule has 0 saturated heterocycles. The van der Waals surface area contributed by atoms with Crippen LogP contribution >= 0.6 is 22.9 Å². The van der Waals surface area contributed by atoms with E-state index in [-0.39, 0.29) is 24.2 Å². The van der Waals surface area contributed by atoms with E-state index < -0.39 is 5.54 Å². The van der Waals surface area contributed by atoms with Gasteiger partial charge in [-0.2, -0.15) is 0 Å². The van der Waals surface area contributed by atoms with Gasteiger partial charge in [0.2, 0.25) is 5.91 Å². The maximum absolute atomic E-state index is 13.8. The Bertz CT molecular complexity index is 1390. The molecule has 2 amide bonds. The van der Waals surface area contributed by atoms with Gasteiger partial charge in [0, 0.05) is 22.6 Å². The molecule has 2 aromatic heterocycles. The first-order chi connectivity index (χ1) is 15.8. The summed E-state index contributed by atoms with van der Waals surface area (Å²) in [5, 5.41) is 6.42. The van der Waals surface area contributed by atoms with E-state index in [1.807, 2.05) is 35.1 Å². The summed E-state index contributed by atoms with van der Waals surface area (Å²) in [5.74, 6) is -0.893. The minimum Gasteiger partial charge on any atom is -0.350 e. The molecule has 33 heavy (non-hydrogen) atoms. The minimum atomic E-state index is -1.21. The molecule has 0 aliphatic carbocycles. The summed E-state index contributed by atoms with van der Waals surface area (Å²) in [6.07, 6.45) is 0. The van der Waals surface area contributed by atoms with Crippen LogP contribution in [0.15, 0.2) is 60.0 Å². The van der Waals surface area contributed by atoms with E-state index in [1.165, 1.54) is 12.1 Å². The van der Waals surface area contributed by atoms with E-state index in [0.29, 0.717) is 22.9 Å². The fourth-order valence-electron chi connectivity index (χ4n) is 4.39.